The largest absolute Gasteiger partial charge is 0.496 e. The van der Waals surface area contributed by atoms with Crippen LogP contribution in [0.2, 0.25) is 0 Å². The van der Waals surface area contributed by atoms with Crippen molar-refractivity contribution in [1.29, 1.82) is 0 Å². The number of ether oxygens (including phenoxy) is 1. The highest BCUT2D eigenvalue weighted by molar-refractivity contribution is 7.10. The molecule has 3 aromatic rings. The van der Waals surface area contributed by atoms with Crippen LogP contribution in [-0.2, 0) is 11.3 Å². The molecule has 1 unspecified atom stereocenters. The molecule has 0 spiro atoms. The maximum Gasteiger partial charge on any atom is 0.241 e. The van der Waals surface area contributed by atoms with Crippen molar-refractivity contribution in [3.05, 3.63) is 52.7 Å². The number of nitrogens with one attached hydrogen (secondary N) is 2. The van der Waals surface area contributed by atoms with E-state index in [4.69, 9.17) is 9.15 Å². The minimum absolute atomic E-state index is 0.0534. The third kappa shape index (κ3) is 5.46. The van der Waals surface area contributed by atoms with Crippen molar-refractivity contribution in [2.45, 2.75) is 39.8 Å². The molecule has 2 heterocycles. The summed E-state index contributed by atoms with van der Waals surface area (Å²) in [4.78, 5) is 18.2. The lowest BCUT2D eigenvalue weighted by molar-refractivity contribution is -0.118. The zero-order valence-electron chi connectivity index (χ0n) is 17.2. The van der Waals surface area contributed by atoms with Gasteiger partial charge in [-0.25, -0.2) is 4.98 Å². The predicted molar refractivity (Wildman–Crippen MR) is 116 cm³/mol. The van der Waals surface area contributed by atoms with Gasteiger partial charge in [0.1, 0.15) is 5.75 Å². The van der Waals surface area contributed by atoms with E-state index < -0.39 is 0 Å². The molecular formula is C22H27N3O3S. The van der Waals surface area contributed by atoms with Gasteiger partial charge in [-0.2, -0.15) is 0 Å². The quantitative estimate of drug-likeness (QED) is 0.524. The summed E-state index contributed by atoms with van der Waals surface area (Å²) in [5.41, 5.74) is 2.71. The average molecular weight is 414 g/mol. The van der Waals surface area contributed by atoms with E-state index in [1.807, 2.05) is 12.1 Å². The third-order valence-electron chi connectivity index (χ3n) is 4.67. The monoisotopic (exact) mass is 413 g/mol. The summed E-state index contributed by atoms with van der Waals surface area (Å²) in [5, 5.41) is 8.51. The zero-order valence-corrected chi connectivity index (χ0v) is 18.0. The van der Waals surface area contributed by atoms with Crippen LogP contribution in [-0.4, -0.2) is 24.0 Å². The van der Waals surface area contributed by atoms with Crippen LogP contribution < -0.4 is 15.4 Å². The van der Waals surface area contributed by atoms with E-state index in [9.17, 15) is 4.79 Å². The Balaban J connectivity index is 1.72. The number of benzene rings is 1. The molecule has 0 fully saturated rings. The van der Waals surface area contributed by atoms with E-state index in [1.54, 1.807) is 30.7 Å². The van der Waals surface area contributed by atoms with Gasteiger partial charge >= 0.3 is 0 Å². The molecule has 0 radical (unpaired) electrons. The van der Waals surface area contributed by atoms with E-state index in [0.29, 0.717) is 29.7 Å². The van der Waals surface area contributed by atoms with Crippen molar-refractivity contribution in [3.8, 4) is 17.1 Å². The Morgan fingerprint density at radius 3 is 2.76 bits per heavy atom. The fourth-order valence-electron chi connectivity index (χ4n) is 3.11. The first-order valence-corrected chi connectivity index (χ1v) is 10.5. The number of carbonyl (C=O) groups is 1. The van der Waals surface area contributed by atoms with Gasteiger partial charge in [0.2, 0.25) is 5.91 Å². The number of thiophene rings is 1. The number of hydrogen-bond donors (Lipinski definition) is 2. The molecule has 3 rings (SSSR count). The number of aryl methyl sites for hydroxylation is 1. The van der Waals surface area contributed by atoms with Gasteiger partial charge in [-0.15, -0.1) is 11.3 Å². The zero-order chi connectivity index (χ0) is 20.8. The molecule has 0 saturated carbocycles. The smallest absolute Gasteiger partial charge is 0.241 e. The summed E-state index contributed by atoms with van der Waals surface area (Å²) in [7, 11) is 1.59. The number of amides is 1. The van der Waals surface area contributed by atoms with E-state index in [1.165, 1.54) is 16.8 Å². The topological polar surface area (TPSA) is 76.4 Å². The Morgan fingerprint density at radius 2 is 2.14 bits per heavy atom. The summed E-state index contributed by atoms with van der Waals surface area (Å²) >= 11 is 1.71. The Hall–Kier alpha value is -2.64. The van der Waals surface area contributed by atoms with Crippen LogP contribution in [0.25, 0.3) is 11.3 Å². The van der Waals surface area contributed by atoms with Crippen molar-refractivity contribution in [1.82, 2.24) is 10.3 Å². The Bertz CT molecular complexity index is 935. The SMILES string of the molecule is COc1cc(NC(=O)C(CC(C)C)NCc2sccc2C)ccc1-c1cnco1. The molecule has 0 bridgehead atoms. The molecule has 2 aromatic heterocycles. The summed E-state index contributed by atoms with van der Waals surface area (Å²) < 4.78 is 10.8. The molecule has 7 heteroatoms. The van der Waals surface area contributed by atoms with E-state index in [-0.39, 0.29) is 11.9 Å². The molecule has 1 amide bonds. The molecule has 2 N–H and O–H groups in total. The molecule has 1 aromatic carbocycles. The number of hydrogen-bond acceptors (Lipinski definition) is 6. The molecule has 0 aliphatic carbocycles. The number of oxazole rings is 1. The van der Waals surface area contributed by atoms with Crippen molar-refractivity contribution in [3.63, 3.8) is 0 Å². The maximum atomic E-state index is 13.0. The number of nitrogens with zero attached hydrogens (tertiary/aromatic N) is 1. The fourth-order valence-corrected chi connectivity index (χ4v) is 3.96. The van der Waals surface area contributed by atoms with Gasteiger partial charge in [-0.3, -0.25) is 4.79 Å². The maximum absolute atomic E-state index is 13.0. The number of methoxy groups -OCH3 is 1. The Kier molecular flexibility index (Phi) is 7.06. The van der Waals surface area contributed by atoms with Gasteiger partial charge in [0.25, 0.3) is 0 Å². The molecule has 154 valence electrons. The summed E-state index contributed by atoms with van der Waals surface area (Å²) in [6.45, 7) is 7.01. The molecule has 0 saturated heterocycles. The van der Waals surface area contributed by atoms with Gasteiger partial charge in [0, 0.05) is 23.2 Å². The van der Waals surface area contributed by atoms with E-state index in [2.05, 4.69) is 47.8 Å². The van der Waals surface area contributed by atoms with E-state index in [0.717, 1.165) is 12.0 Å². The minimum atomic E-state index is -0.281. The molecule has 29 heavy (non-hydrogen) atoms. The lowest BCUT2D eigenvalue weighted by Crippen LogP contribution is -2.41. The third-order valence-corrected chi connectivity index (χ3v) is 5.69. The number of rotatable bonds is 9. The summed E-state index contributed by atoms with van der Waals surface area (Å²) in [6, 6.07) is 7.31. The second kappa shape index (κ2) is 9.71. The summed E-state index contributed by atoms with van der Waals surface area (Å²) in [6.07, 6.45) is 3.76. The summed E-state index contributed by atoms with van der Waals surface area (Å²) in [5.74, 6) is 1.57. The number of aromatic nitrogens is 1. The molecule has 0 aliphatic rings. The van der Waals surface area contributed by atoms with Crippen LogP contribution in [0.4, 0.5) is 5.69 Å². The van der Waals surface area contributed by atoms with Crippen LogP contribution in [0.5, 0.6) is 5.75 Å². The first kappa shape index (κ1) is 21.1. The Morgan fingerprint density at radius 1 is 1.31 bits per heavy atom. The van der Waals surface area contributed by atoms with Crippen molar-refractivity contribution >= 4 is 22.9 Å². The normalized spacial score (nSPS) is 12.2. The minimum Gasteiger partial charge on any atom is -0.496 e. The van der Waals surface area contributed by atoms with Gasteiger partial charge in [-0.05, 0) is 48.4 Å². The van der Waals surface area contributed by atoms with Crippen molar-refractivity contribution < 1.29 is 13.9 Å². The number of anilines is 1. The average Bonchev–Trinajstić information content (AvgIpc) is 3.36. The van der Waals surface area contributed by atoms with Crippen LogP contribution in [0.3, 0.4) is 0 Å². The van der Waals surface area contributed by atoms with Crippen molar-refractivity contribution in [2.24, 2.45) is 5.92 Å². The van der Waals surface area contributed by atoms with Gasteiger partial charge in [0.05, 0.1) is 24.9 Å². The highest BCUT2D eigenvalue weighted by atomic mass is 32.1. The molecule has 6 nitrogen and oxygen atoms in total. The first-order valence-electron chi connectivity index (χ1n) is 9.62. The van der Waals surface area contributed by atoms with Gasteiger partial charge in [0.15, 0.2) is 12.2 Å². The Labute approximate surface area is 175 Å². The fraction of sp³-hybridized carbons (Fsp3) is 0.364. The van der Waals surface area contributed by atoms with Gasteiger partial charge in [-0.1, -0.05) is 13.8 Å². The molecular weight excluding hydrogens is 386 g/mol. The van der Waals surface area contributed by atoms with Gasteiger partial charge < -0.3 is 19.8 Å². The molecule has 1 atom stereocenters. The van der Waals surface area contributed by atoms with E-state index >= 15 is 0 Å². The highest BCUT2D eigenvalue weighted by Gasteiger charge is 2.21. The van der Waals surface area contributed by atoms with Crippen molar-refractivity contribution in [2.75, 3.05) is 12.4 Å². The standard InChI is InChI=1S/C22H27N3O3S/c1-14(2)9-18(24-12-21-15(3)7-8-29-21)22(26)25-16-5-6-17(19(10-16)27-4)20-11-23-13-28-20/h5-8,10-11,13-14,18,24H,9,12H2,1-4H3,(H,25,26). The lowest BCUT2D eigenvalue weighted by Gasteiger charge is -2.20. The van der Waals surface area contributed by atoms with Crippen LogP contribution in [0.1, 0.15) is 30.7 Å². The number of carbonyl (C=O) groups excluding carboxylic acids is 1. The second-order valence-electron chi connectivity index (χ2n) is 7.36. The predicted octanol–water partition coefficient (Wildman–Crippen LogP) is 4.86. The second-order valence-corrected chi connectivity index (χ2v) is 8.36. The molecule has 0 aliphatic heterocycles. The lowest BCUT2D eigenvalue weighted by atomic mass is 10.0. The van der Waals surface area contributed by atoms with Crippen LogP contribution >= 0.6 is 11.3 Å². The first-order chi connectivity index (χ1) is 14.0. The van der Waals surface area contributed by atoms with Crippen LogP contribution in [0, 0.1) is 12.8 Å². The van der Waals surface area contributed by atoms with Crippen LogP contribution in [0.15, 0.2) is 46.7 Å². The highest BCUT2D eigenvalue weighted by Crippen LogP contribution is 2.32.